The van der Waals surface area contributed by atoms with Crippen molar-refractivity contribution in [3.8, 4) is 0 Å². The number of aromatic nitrogens is 1. The Bertz CT molecular complexity index is 2360. The van der Waals surface area contributed by atoms with Crippen molar-refractivity contribution in [3.05, 3.63) is 36.0 Å². The van der Waals surface area contributed by atoms with Gasteiger partial charge in [0.05, 0.1) is 25.2 Å². The predicted molar refractivity (Wildman–Crippen MR) is 285 cm³/mol. The van der Waals surface area contributed by atoms with E-state index in [0.717, 1.165) is 24.8 Å². The predicted octanol–water partition coefficient (Wildman–Crippen LogP) is -4.77. The number of rotatable bonds is 37. The molecule has 0 fully saturated rings. The molecule has 0 saturated carbocycles. The van der Waals surface area contributed by atoms with Crippen molar-refractivity contribution >= 4 is 76.1 Å². The van der Waals surface area contributed by atoms with Crippen LogP contribution in [0, 0.1) is 5.92 Å². The smallest absolute Gasteiger partial charge is 0.326 e. The highest BCUT2D eigenvalue weighted by Gasteiger charge is 2.36. The van der Waals surface area contributed by atoms with Gasteiger partial charge in [-0.3, -0.25) is 48.1 Å². The number of aliphatic hydroxyl groups is 2. The molecule has 10 atom stereocenters. The number of carboxylic acid groups (broad SMARTS) is 2. The van der Waals surface area contributed by atoms with Crippen LogP contribution in [0.1, 0.15) is 97.5 Å². The molecule has 1 heterocycles. The molecule has 0 aliphatic heterocycles. The van der Waals surface area contributed by atoms with Crippen molar-refractivity contribution in [2.75, 3.05) is 26.2 Å². The Labute approximate surface area is 451 Å². The number of carbonyl (C=O) groups is 10. The average Bonchev–Trinajstić information content (AvgIpc) is 3.78. The first-order chi connectivity index (χ1) is 36.8. The Morgan fingerprint density at radius 2 is 1.12 bits per heavy atom. The monoisotopic (exact) mass is 1100 g/mol. The van der Waals surface area contributed by atoms with E-state index in [9.17, 15) is 68.4 Å². The number of amides is 8. The molecule has 1 aromatic carbocycles. The summed E-state index contributed by atoms with van der Waals surface area (Å²) < 4.78 is 0. The molecule has 0 aliphatic carbocycles. The summed E-state index contributed by atoms with van der Waals surface area (Å²) >= 11 is 0. The minimum absolute atomic E-state index is 0.00833. The number of carboxylic acids is 2. The number of carbonyl (C=O) groups excluding carboxylic acids is 8. The number of nitrogens with two attached hydrogens (primary N) is 5. The summed E-state index contributed by atoms with van der Waals surface area (Å²) in [5.74, 6) is -11.4. The van der Waals surface area contributed by atoms with Crippen LogP contribution in [0.3, 0.4) is 0 Å². The van der Waals surface area contributed by atoms with Gasteiger partial charge in [-0.1, -0.05) is 38.5 Å². The quantitative estimate of drug-likeness (QED) is 0.0172. The first kappa shape index (κ1) is 66.6. The molecule has 0 bridgehead atoms. The summed E-state index contributed by atoms with van der Waals surface area (Å²) in [7, 11) is 0. The van der Waals surface area contributed by atoms with Crippen LogP contribution >= 0.6 is 0 Å². The second kappa shape index (κ2) is 34.3. The van der Waals surface area contributed by atoms with Crippen LogP contribution in [0.5, 0.6) is 0 Å². The van der Waals surface area contributed by atoms with Crippen LogP contribution in [0.4, 0.5) is 0 Å². The van der Waals surface area contributed by atoms with Crippen molar-refractivity contribution in [2.45, 2.75) is 159 Å². The molecule has 2 aromatic rings. The van der Waals surface area contributed by atoms with Gasteiger partial charge in [0.15, 0.2) is 5.96 Å². The number of unbranched alkanes of at least 4 members (excludes halogenated alkanes) is 2. The van der Waals surface area contributed by atoms with Gasteiger partial charge >= 0.3 is 11.9 Å². The van der Waals surface area contributed by atoms with Gasteiger partial charge in [0.1, 0.15) is 48.3 Å². The van der Waals surface area contributed by atoms with Crippen molar-refractivity contribution in [3.63, 3.8) is 0 Å². The van der Waals surface area contributed by atoms with Crippen LogP contribution in [-0.4, -0.2) is 177 Å². The molecule has 29 heteroatoms. The van der Waals surface area contributed by atoms with E-state index in [1.807, 2.05) is 24.3 Å². The SMILES string of the molecule is CC(C)C[C@H](NC(=O)[C@@H](NC(=O)[C@H](CC(=O)O)NC(=O)[C@H](C)NC(=O)[C@H](CO)NC(=O)[C@H](CCCN=C(N)N)NC(=O)[C@H](CCCCN)NC(=O)[C@H](Cc1c[nH]c2ccccc12)NC(=O)[C@@H](N)CCCCN)[C@@H](C)O)C(=O)O. The largest absolute Gasteiger partial charge is 0.481 e. The molecule has 0 spiro atoms. The van der Waals surface area contributed by atoms with Crippen LogP contribution in [0.2, 0.25) is 0 Å². The normalized spacial score (nSPS) is 15.1. The molecule has 8 amide bonds. The number of aliphatic imine (C=N–C) groups is 1. The summed E-state index contributed by atoms with van der Waals surface area (Å²) in [5.41, 5.74) is 30.0. The van der Waals surface area contributed by atoms with Gasteiger partial charge in [-0.15, -0.1) is 0 Å². The van der Waals surface area contributed by atoms with E-state index in [4.69, 9.17) is 28.7 Å². The molecule has 0 unspecified atom stereocenters. The molecule has 2 rings (SSSR count). The fourth-order valence-electron chi connectivity index (χ4n) is 7.87. The van der Waals surface area contributed by atoms with Gasteiger partial charge < -0.3 is 96.6 Å². The van der Waals surface area contributed by atoms with E-state index in [1.54, 1.807) is 20.0 Å². The summed E-state index contributed by atoms with van der Waals surface area (Å²) in [6, 6.07) is -6.25. The number of guanidine groups is 1. The van der Waals surface area contributed by atoms with E-state index < -0.39 is 133 Å². The third kappa shape index (κ3) is 23.4. The van der Waals surface area contributed by atoms with Crippen LogP contribution in [-0.2, 0) is 54.4 Å². The number of para-hydroxylation sites is 1. The van der Waals surface area contributed by atoms with Gasteiger partial charge in [0.2, 0.25) is 47.3 Å². The number of benzene rings is 1. The Hall–Kier alpha value is -7.47. The number of aromatic amines is 1. The fraction of sp³-hybridized carbons (Fsp3) is 0.612. The van der Waals surface area contributed by atoms with Gasteiger partial charge in [-0.25, -0.2) is 4.79 Å². The minimum Gasteiger partial charge on any atom is -0.481 e. The maximum absolute atomic E-state index is 14.3. The van der Waals surface area contributed by atoms with Crippen molar-refractivity contribution < 1.29 is 68.4 Å². The molecule has 0 aliphatic rings. The third-order valence-corrected chi connectivity index (χ3v) is 12.2. The highest BCUT2D eigenvalue weighted by atomic mass is 16.4. The average molecular weight is 1100 g/mol. The zero-order valence-corrected chi connectivity index (χ0v) is 44.5. The fourth-order valence-corrected chi connectivity index (χ4v) is 7.87. The van der Waals surface area contributed by atoms with E-state index in [-0.39, 0.29) is 57.1 Å². The number of hydrogen-bond acceptors (Lipinski definition) is 16. The summed E-state index contributed by atoms with van der Waals surface area (Å²) in [4.78, 5) is 140. The molecule has 29 nitrogen and oxygen atoms in total. The maximum Gasteiger partial charge on any atom is 0.326 e. The first-order valence-corrected chi connectivity index (χ1v) is 25.8. The van der Waals surface area contributed by atoms with E-state index in [1.165, 1.54) is 0 Å². The second-order valence-electron chi connectivity index (χ2n) is 19.3. The van der Waals surface area contributed by atoms with Crippen molar-refractivity contribution in [1.29, 1.82) is 0 Å². The number of H-pyrrole nitrogens is 1. The molecular formula is C49H81N15O14. The molecule has 1 aromatic heterocycles. The highest BCUT2D eigenvalue weighted by Crippen LogP contribution is 2.20. The lowest BCUT2D eigenvalue weighted by molar-refractivity contribution is -0.144. The Morgan fingerprint density at radius 1 is 0.603 bits per heavy atom. The lowest BCUT2D eigenvalue weighted by Gasteiger charge is -2.27. The Balaban J connectivity index is 2.35. The minimum atomic E-state index is -1.92. The molecule has 0 saturated heterocycles. The Kier molecular flexibility index (Phi) is 29.3. The molecule has 23 N–H and O–H groups in total. The number of hydrogen-bond donors (Lipinski definition) is 18. The number of nitrogens with zero attached hydrogens (tertiary/aromatic N) is 1. The molecule has 0 radical (unpaired) electrons. The van der Waals surface area contributed by atoms with Gasteiger partial charge in [-0.2, -0.15) is 0 Å². The number of aliphatic hydroxyl groups excluding tert-OH is 2. The summed E-state index contributed by atoms with van der Waals surface area (Å²) in [6.07, 6.45) is 1.14. The van der Waals surface area contributed by atoms with E-state index in [0.29, 0.717) is 44.2 Å². The summed E-state index contributed by atoms with van der Waals surface area (Å²) in [5, 5.41) is 59.6. The van der Waals surface area contributed by atoms with Crippen molar-refractivity contribution in [2.24, 2.45) is 39.6 Å². The van der Waals surface area contributed by atoms with Gasteiger partial charge in [-0.05, 0) is 95.9 Å². The first-order valence-electron chi connectivity index (χ1n) is 25.8. The third-order valence-electron chi connectivity index (χ3n) is 12.2. The summed E-state index contributed by atoms with van der Waals surface area (Å²) in [6.45, 7) is 5.17. The molecule has 436 valence electrons. The van der Waals surface area contributed by atoms with Crippen LogP contribution in [0.25, 0.3) is 10.9 Å². The second-order valence-corrected chi connectivity index (χ2v) is 19.3. The highest BCUT2D eigenvalue weighted by molar-refractivity contribution is 5.99. The van der Waals surface area contributed by atoms with E-state index in [2.05, 4.69) is 52.5 Å². The van der Waals surface area contributed by atoms with E-state index >= 15 is 0 Å². The van der Waals surface area contributed by atoms with Gasteiger partial charge in [0.25, 0.3) is 0 Å². The van der Waals surface area contributed by atoms with Crippen molar-refractivity contribution in [1.82, 2.24) is 47.5 Å². The zero-order chi connectivity index (χ0) is 58.6. The molecular weight excluding hydrogens is 1020 g/mol. The zero-order valence-electron chi connectivity index (χ0n) is 44.5. The number of fused-ring (bicyclic) bond motifs is 1. The lowest BCUT2D eigenvalue weighted by Crippen LogP contribution is -2.61. The topological polar surface area (TPSA) is 506 Å². The van der Waals surface area contributed by atoms with Crippen LogP contribution < -0.4 is 71.2 Å². The number of aliphatic carboxylic acids is 2. The maximum atomic E-state index is 14.3. The van der Waals surface area contributed by atoms with Gasteiger partial charge in [0, 0.05) is 30.1 Å². The standard InChI is InChI=1S/C49H81N15O14/c1-25(2)20-36(48(77)78)62-47(76)39(27(4)66)64-45(74)35(22-38(67)68)60-40(69)26(3)57-46(75)37(24-65)63-43(72)33(16-11-19-55-49(53)54)58-42(71)32(15-8-10-18-51)59-44(73)34(61-41(70)30(52)13-7-9-17-50)21-28-23-56-31-14-6-5-12-29(28)31/h5-6,12,14,23,25-27,30,32-37,39,56,65-66H,7-11,13,15-22,24,50-52H2,1-4H3,(H,57,75)(H,58,71)(H,59,73)(H,60,69)(H,61,70)(H,62,76)(H,63,72)(H,64,74)(H,67,68)(H,77,78)(H4,53,54,55)/t26-,27+,30-,32-,33-,34-,35-,36-,37-,39-/m0/s1. The lowest BCUT2D eigenvalue weighted by atomic mass is 10.0. The van der Waals surface area contributed by atoms with Crippen LogP contribution in [0.15, 0.2) is 35.5 Å². The molecule has 78 heavy (non-hydrogen) atoms. The number of nitrogens with one attached hydrogen (secondary N) is 9. The Morgan fingerprint density at radius 3 is 1.67 bits per heavy atom.